The summed E-state index contributed by atoms with van der Waals surface area (Å²) < 4.78 is 1.23. The summed E-state index contributed by atoms with van der Waals surface area (Å²) in [6, 6.07) is 8.20. The Morgan fingerprint density at radius 2 is 2.18 bits per heavy atom. The first-order valence-electron chi connectivity index (χ1n) is 5.67. The molecular weight excluding hydrogens is 234 g/mol. The number of rotatable bonds is 2. The molecule has 1 aromatic carbocycles. The fraction of sp³-hybridized carbons (Fsp3) is 0.308. The second-order valence-electron chi connectivity index (χ2n) is 4.40. The first-order chi connectivity index (χ1) is 8.27. The van der Waals surface area contributed by atoms with Gasteiger partial charge < -0.3 is 10.4 Å². The van der Waals surface area contributed by atoms with Crippen LogP contribution in [0.2, 0.25) is 0 Å². The van der Waals surface area contributed by atoms with Crippen LogP contribution >= 0.6 is 11.3 Å². The predicted molar refractivity (Wildman–Crippen MR) is 68.6 cm³/mol. The van der Waals surface area contributed by atoms with Crippen LogP contribution in [0, 0.1) is 5.92 Å². The highest BCUT2D eigenvalue weighted by Gasteiger charge is 2.34. The third-order valence-corrected chi connectivity index (χ3v) is 4.42. The summed E-state index contributed by atoms with van der Waals surface area (Å²) in [4.78, 5) is 11.2. The summed E-state index contributed by atoms with van der Waals surface area (Å²) in [7, 11) is 0. The van der Waals surface area contributed by atoms with E-state index in [1.54, 1.807) is 11.3 Å². The van der Waals surface area contributed by atoms with Gasteiger partial charge >= 0.3 is 5.97 Å². The standard InChI is InChI=1S/C13H13NO2S/c15-13(16)10-6-14-5-9(10)11-7-17-12-4-2-1-3-8(11)12/h1-4,7,9-10,14H,5-6H2,(H,15,16). The van der Waals surface area contributed by atoms with Crippen molar-refractivity contribution < 1.29 is 9.90 Å². The Labute approximate surface area is 103 Å². The molecule has 1 saturated heterocycles. The molecule has 4 heteroatoms. The molecule has 2 atom stereocenters. The summed E-state index contributed by atoms with van der Waals surface area (Å²) >= 11 is 1.69. The first-order valence-corrected chi connectivity index (χ1v) is 6.55. The summed E-state index contributed by atoms with van der Waals surface area (Å²) in [5.74, 6) is -0.896. The van der Waals surface area contributed by atoms with Gasteiger partial charge in [-0.1, -0.05) is 18.2 Å². The van der Waals surface area contributed by atoms with E-state index >= 15 is 0 Å². The maximum Gasteiger partial charge on any atom is 0.308 e. The molecule has 1 aliphatic rings. The molecule has 17 heavy (non-hydrogen) atoms. The molecule has 2 heterocycles. The van der Waals surface area contributed by atoms with Crippen LogP contribution in [-0.4, -0.2) is 24.2 Å². The highest BCUT2D eigenvalue weighted by Crippen LogP contribution is 2.36. The number of carboxylic acids is 1. The van der Waals surface area contributed by atoms with Gasteiger partial charge in [-0.25, -0.2) is 0 Å². The Morgan fingerprint density at radius 1 is 1.35 bits per heavy atom. The Bertz CT molecular complexity index is 563. The molecule has 1 aromatic heterocycles. The van der Waals surface area contributed by atoms with Crippen molar-refractivity contribution in [2.24, 2.45) is 5.92 Å². The summed E-state index contributed by atoms with van der Waals surface area (Å²) in [5, 5.41) is 15.7. The number of benzene rings is 1. The lowest BCUT2D eigenvalue weighted by atomic mass is 9.89. The Morgan fingerprint density at radius 3 is 3.00 bits per heavy atom. The van der Waals surface area contributed by atoms with Gasteiger partial charge in [-0.2, -0.15) is 0 Å². The van der Waals surface area contributed by atoms with Crippen LogP contribution in [0.1, 0.15) is 11.5 Å². The molecule has 2 N–H and O–H groups in total. The third kappa shape index (κ3) is 1.73. The molecule has 0 saturated carbocycles. The maximum atomic E-state index is 11.2. The Balaban J connectivity index is 2.06. The van der Waals surface area contributed by atoms with Crippen molar-refractivity contribution in [3.63, 3.8) is 0 Å². The second kappa shape index (κ2) is 4.13. The largest absolute Gasteiger partial charge is 0.481 e. The van der Waals surface area contributed by atoms with E-state index in [9.17, 15) is 9.90 Å². The van der Waals surface area contributed by atoms with Gasteiger partial charge in [0.25, 0.3) is 0 Å². The van der Waals surface area contributed by atoms with Crippen molar-refractivity contribution in [1.29, 1.82) is 0 Å². The SMILES string of the molecule is O=C(O)C1CNCC1c1csc2ccccc12. The van der Waals surface area contributed by atoms with Gasteiger partial charge in [0.1, 0.15) is 0 Å². The van der Waals surface area contributed by atoms with Gasteiger partial charge in [0.15, 0.2) is 0 Å². The lowest BCUT2D eigenvalue weighted by Crippen LogP contribution is -2.20. The quantitative estimate of drug-likeness (QED) is 0.856. The fourth-order valence-corrected chi connectivity index (χ4v) is 3.58. The maximum absolute atomic E-state index is 11.2. The van der Waals surface area contributed by atoms with Crippen molar-refractivity contribution in [2.75, 3.05) is 13.1 Å². The lowest BCUT2D eigenvalue weighted by molar-refractivity contribution is -0.141. The highest BCUT2D eigenvalue weighted by atomic mass is 32.1. The fourth-order valence-electron chi connectivity index (χ4n) is 2.55. The number of thiophene rings is 1. The van der Waals surface area contributed by atoms with Crippen molar-refractivity contribution >= 4 is 27.4 Å². The van der Waals surface area contributed by atoms with Gasteiger partial charge in [-0.15, -0.1) is 11.3 Å². The normalized spacial score (nSPS) is 24.2. The molecule has 2 aromatic rings. The van der Waals surface area contributed by atoms with Crippen molar-refractivity contribution in [3.8, 4) is 0 Å². The molecule has 1 aliphatic heterocycles. The molecule has 0 amide bonds. The first kappa shape index (κ1) is 10.7. The number of hydrogen-bond donors (Lipinski definition) is 2. The molecule has 2 unspecified atom stereocenters. The van der Waals surface area contributed by atoms with Crippen LogP contribution in [-0.2, 0) is 4.79 Å². The van der Waals surface area contributed by atoms with Gasteiger partial charge in [0.2, 0.25) is 0 Å². The van der Waals surface area contributed by atoms with Crippen molar-refractivity contribution in [1.82, 2.24) is 5.32 Å². The highest BCUT2D eigenvalue weighted by molar-refractivity contribution is 7.17. The molecule has 3 nitrogen and oxygen atoms in total. The van der Waals surface area contributed by atoms with E-state index in [4.69, 9.17) is 0 Å². The van der Waals surface area contributed by atoms with E-state index in [0.717, 1.165) is 6.54 Å². The number of nitrogens with one attached hydrogen (secondary N) is 1. The predicted octanol–water partition coefficient (Wildman–Crippen LogP) is 2.29. The summed E-state index contributed by atoms with van der Waals surface area (Å²) in [5.41, 5.74) is 1.18. The Kier molecular flexibility index (Phi) is 2.61. The zero-order valence-corrected chi connectivity index (χ0v) is 10.0. The molecule has 0 radical (unpaired) electrons. The van der Waals surface area contributed by atoms with Gasteiger partial charge in [0, 0.05) is 23.7 Å². The molecule has 0 spiro atoms. The minimum absolute atomic E-state index is 0.101. The summed E-state index contributed by atoms with van der Waals surface area (Å²) in [6.45, 7) is 1.34. The smallest absolute Gasteiger partial charge is 0.308 e. The van der Waals surface area contributed by atoms with Crippen molar-refractivity contribution in [3.05, 3.63) is 35.2 Å². The molecule has 88 valence electrons. The zero-order chi connectivity index (χ0) is 11.8. The van der Waals surface area contributed by atoms with Gasteiger partial charge in [-0.3, -0.25) is 4.79 Å². The second-order valence-corrected chi connectivity index (χ2v) is 5.31. The lowest BCUT2D eigenvalue weighted by Gasteiger charge is -2.13. The number of carboxylic acid groups (broad SMARTS) is 1. The zero-order valence-electron chi connectivity index (χ0n) is 9.22. The minimum atomic E-state index is -0.699. The monoisotopic (exact) mass is 247 g/mol. The Hall–Kier alpha value is -1.39. The van der Waals surface area contributed by atoms with E-state index in [1.165, 1.54) is 15.6 Å². The van der Waals surface area contributed by atoms with E-state index in [2.05, 4.69) is 22.8 Å². The number of fused-ring (bicyclic) bond motifs is 1. The molecular formula is C13H13NO2S. The van der Waals surface area contributed by atoms with Gasteiger partial charge in [0.05, 0.1) is 5.92 Å². The summed E-state index contributed by atoms with van der Waals surface area (Å²) in [6.07, 6.45) is 0. The van der Waals surface area contributed by atoms with E-state index in [1.807, 2.05) is 12.1 Å². The van der Waals surface area contributed by atoms with Crippen LogP contribution in [0.5, 0.6) is 0 Å². The molecule has 1 fully saturated rings. The van der Waals surface area contributed by atoms with Crippen LogP contribution in [0.25, 0.3) is 10.1 Å². The number of carbonyl (C=O) groups is 1. The number of hydrogen-bond acceptors (Lipinski definition) is 3. The molecule has 0 aliphatic carbocycles. The third-order valence-electron chi connectivity index (χ3n) is 3.44. The average Bonchev–Trinajstić information content (AvgIpc) is 2.94. The number of aliphatic carboxylic acids is 1. The van der Waals surface area contributed by atoms with Crippen molar-refractivity contribution in [2.45, 2.75) is 5.92 Å². The van der Waals surface area contributed by atoms with E-state index < -0.39 is 5.97 Å². The topological polar surface area (TPSA) is 49.3 Å². The molecule has 0 bridgehead atoms. The minimum Gasteiger partial charge on any atom is -0.481 e. The van der Waals surface area contributed by atoms with E-state index in [0.29, 0.717) is 6.54 Å². The van der Waals surface area contributed by atoms with Gasteiger partial charge in [-0.05, 0) is 22.4 Å². The van der Waals surface area contributed by atoms with Crippen LogP contribution in [0.4, 0.5) is 0 Å². The van der Waals surface area contributed by atoms with Crippen LogP contribution in [0.15, 0.2) is 29.6 Å². The van der Waals surface area contributed by atoms with Crippen LogP contribution in [0.3, 0.4) is 0 Å². The average molecular weight is 247 g/mol. The molecule has 3 rings (SSSR count). The van der Waals surface area contributed by atoms with E-state index in [-0.39, 0.29) is 11.8 Å². The van der Waals surface area contributed by atoms with Crippen LogP contribution < -0.4 is 5.32 Å².